The van der Waals surface area contributed by atoms with Crippen molar-refractivity contribution in [3.05, 3.63) is 41.0 Å². The van der Waals surface area contributed by atoms with Gasteiger partial charge in [-0.05, 0) is 46.3 Å². The summed E-state index contributed by atoms with van der Waals surface area (Å²) < 4.78 is 11.2. The summed E-state index contributed by atoms with van der Waals surface area (Å²) in [6.45, 7) is 0. The van der Waals surface area contributed by atoms with Crippen LogP contribution in [0, 0.1) is 0 Å². The van der Waals surface area contributed by atoms with Crippen LogP contribution in [0.15, 0.2) is 45.5 Å². The maximum absolute atomic E-state index is 5.95. The Balaban J connectivity index is 2.05. The predicted molar refractivity (Wildman–Crippen MR) is 81.6 cm³/mol. The van der Waals surface area contributed by atoms with Gasteiger partial charge in [0.15, 0.2) is 0 Å². The summed E-state index contributed by atoms with van der Waals surface area (Å²) in [5.41, 5.74) is 7.71. The van der Waals surface area contributed by atoms with Gasteiger partial charge < -0.3 is 15.0 Å². The van der Waals surface area contributed by atoms with E-state index in [4.69, 9.17) is 15.0 Å². The zero-order chi connectivity index (χ0) is 14.8. The predicted octanol–water partition coefficient (Wildman–Crippen LogP) is 3.15. The molecule has 106 valence electrons. The summed E-state index contributed by atoms with van der Waals surface area (Å²) in [6.07, 6.45) is 1.66. The fourth-order valence-corrected chi connectivity index (χ4v) is 2.26. The molecule has 0 atom stereocenters. The Morgan fingerprint density at radius 3 is 2.90 bits per heavy atom. The van der Waals surface area contributed by atoms with Gasteiger partial charge in [-0.1, -0.05) is 5.16 Å². The third kappa shape index (κ3) is 2.59. The van der Waals surface area contributed by atoms with Gasteiger partial charge in [-0.15, -0.1) is 0 Å². The highest BCUT2D eigenvalue weighted by Gasteiger charge is 2.16. The Labute approximate surface area is 129 Å². The van der Waals surface area contributed by atoms with E-state index >= 15 is 0 Å². The molecule has 0 aliphatic carbocycles. The van der Waals surface area contributed by atoms with E-state index in [1.165, 1.54) is 0 Å². The molecule has 2 heterocycles. The topological polar surface area (TPSA) is 87.1 Å². The monoisotopic (exact) mass is 346 g/mol. The molecular formula is C14H11BrN4O2. The van der Waals surface area contributed by atoms with Gasteiger partial charge in [0.2, 0.25) is 5.82 Å². The number of anilines is 1. The lowest BCUT2D eigenvalue weighted by Gasteiger charge is -2.03. The van der Waals surface area contributed by atoms with Crippen molar-refractivity contribution in [2.24, 2.45) is 0 Å². The molecule has 7 heteroatoms. The summed E-state index contributed by atoms with van der Waals surface area (Å²) in [7, 11) is 1.58. The van der Waals surface area contributed by atoms with Crippen molar-refractivity contribution in [3.63, 3.8) is 0 Å². The van der Waals surface area contributed by atoms with E-state index in [-0.39, 0.29) is 0 Å². The van der Waals surface area contributed by atoms with Crippen molar-refractivity contribution < 1.29 is 9.26 Å². The summed E-state index contributed by atoms with van der Waals surface area (Å²) in [5.74, 6) is 1.37. The molecule has 21 heavy (non-hydrogen) atoms. The second kappa shape index (κ2) is 5.53. The summed E-state index contributed by atoms with van der Waals surface area (Å²) in [5, 5.41) is 3.95. The van der Waals surface area contributed by atoms with Crippen LogP contribution in [-0.2, 0) is 0 Å². The summed E-state index contributed by atoms with van der Waals surface area (Å²) in [6, 6.07) is 8.92. The number of methoxy groups -OCH3 is 1. The van der Waals surface area contributed by atoms with Gasteiger partial charge >= 0.3 is 0 Å². The quantitative estimate of drug-likeness (QED) is 0.733. The van der Waals surface area contributed by atoms with Crippen LogP contribution < -0.4 is 10.5 Å². The summed E-state index contributed by atoms with van der Waals surface area (Å²) >= 11 is 3.41. The number of nitrogen functional groups attached to an aromatic ring is 1. The van der Waals surface area contributed by atoms with Crippen molar-refractivity contribution >= 4 is 21.6 Å². The highest BCUT2D eigenvalue weighted by atomic mass is 79.9. The molecule has 0 fully saturated rings. The van der Waals surface area contributed by atoms with Crippen molar-refractivity contribution in [3.8, 4) is 28.7 Å². The average molecular weight is 347 g/mol. The zero-order valence-corrected chi connectivity index (χ0v) is 12.7. The molecule has 0 bridgehead atoms. The fourth-order valence-electron chi connectivity index (χ4n) is 1.83. The number of rotatable bonds is 3. The van der Waals surface area contributed by atoms with Crippen molar-refractivity contribution in [1.29, 1.82) is 0 Å². The van der Waals surface area contributed by atoms with Gasteiger partial charge in [0.25, 0.3) is 5.89 Å². The Morgan fingerprint density at radius 1 is 1.29 bits per heavy atom. The molecule has 6 nitrogen and oxygen atoms in total. The molecule has 2 aromatic heterocycles. The number of pyridine rings is 1. The van der Waals surface area contributed by atoms with Crippen LogP contribution in [0.1, 0.15) is 0 Å². The van der Waals surface area contributed by atoms with E-state index < -0.39 is 0 Å². The van der Waals surface area contributed by atoms with E-state index in [1.54, 1.807) is 31.5 Å². The van der Waals surface area contributed by atoms with Gasteiger partial charge in [-0.3, -0.25) is 4.98 Å². The lowest BCUT2D eigenvalue weighted by Crippen LogP contribution is -1.92. The molecule has 0 aliphatic heterocycles. The van der Waals surface area contributed by atoms with Gasteiger partial charge in [0, 0.05) is 16.4 Å². The number of hydrogen-bond donors (Lipinski definition) is 1. The molecule has 0 saturated heterocycles. The van der Waals surface area contributed by atoms with E-state index in [1.807, 2.05) is 12.1 Å². The first-order valence-electron chi connectivity index (χ1n) is 6.07. The Hall–Kier alpha value is -2.41. The minimum Gasteiger partial charge on any atom is -0.497 e. The Bertz CT molecular complexity index is 788. The second-order valence-electron chi connectivity index (χ2n) is 4.21. The number of aromatic nitrogens is 3. The van der Waals surface area contributed by atoms with E-state index in [9.17, 15) is 0 Å². The molecule has 0 aliphatic rings. The lowest BCUT2D eigenvalue weighted by atomic mass is 10.1. The van der Waals surface area contributed by atoms with Gasteiger partial charge in [0.05, 0.1) is 12.7 Å². The minimum atomic E-state index is 0.318. The maximum atomic E-state index is 5.95. The van der Waals surface area contributed by atoms with Crippen molar-refractivity contribution in [1.82, 2.24) is 15.1 Å². The molecule has 0 saturated carbocycles. The van der Waals surface area contributed by atoms with Crippen LogP contribution in [0.2, 0.25) is 0 Å². The van der Waals surface area contributed by atoms with Crippen LogP contribution >= 0.6 is 15.9 Å². The zero-order valence-electron chi connectivity index (χ0n) is 11.1. The number of nitrogens with two attached hydrogens (primary N) is 1. The highest BCUT2D eigenvalue weighted by Crippen LogP contribution is 2.31. The number of nitrogens with zero attached hydrogens (tertiary/aromatic N) is 3. The number of ether oxygens (including phenoxy) is 1. The van der Waals surface area contributed by atoms with Gasteiger partial charge in [-0.2, -0.15) is 4.98 Å². The van der Waals surface area contributed by atoms with Crippen LogP contribution in [-0.4, -0.2) is 22.2 Å². The Kier molecular flexibility index (Phi) is 3.57. The number of hydrogen-bond acceptors (Lipinski definition) is 6. The summed E-state index contributed by atoms with van der Waals surface area (Å²) in [4.78, 5) is 8.57. The minimum absolute atomic E-state index is 0.318. The van der Waals surface area contributed by atoms with Crippen LogP contribution in [0.3, 0.4) is 0 Å². The smallest absolute Gasteiger partial charge is 0.260 e. The third-order valence-corrected chi connectivity index (χ3v) is 3.53. The van der Waals surface area contributed by atoms with Crippen LogP contribution in [0.5, 0.6) is 5.75 Å². The molecule has 2 N–H and O–H groups in total. The van der Waals surface area contributed by atoms with Gasteiger partial charge in [0.1, 0.15) is 11.4 Å². The van der Waals surface area contributed by atoms with E-state index in [0.29, 0.717) is 34.4 Å². The average Bonchev–Trinajstić information content (AvgIpc) is 2.97. The fraction of sp³-hybridized carbons (Fsp3) is 0.0714. The van der Waals surface area contributed by atoms with Crippen molar-refractivity contribution in [2.45, 2.75) is 0 Å². The van der Waals surface area contributed by atoms with E-state index in [2.05, 4.69) is 31.1 Å². The third-order valence-electron chi connectivity index (χ3n) is 2.89. The molecule has 1 aromatic carbocycles. The SMILES string of the molecule is COc1ccc(N)c(-c2nc(-c3ncccc3Br)no2)c1. The molecule has 0 unspecified atom stereocenters. The van der Waals surface area contributed by atoms with E-state index in [0.717, 1.165) is 4.47 Å². The largest absolute Gasteiger partial charge is 0.497 e. The number of benzene rings is 1. The Morgan fingerprint density at radius 2 is 2.14 bits per heavy atom. The standard InChI is InChI=1S/C14H11BrN4O2/c1-20-8-4-5-11(16)9(7-8)14-18-13(19-21-14)12-10(15)3-2-6-17-12/h2-7H,16H2,1H3. The molecule has 0 spiro atoms. The molecule has 3 rings (SSSR count). The molecule has 0 amide bonds. The first-order chi connectivity index (χ1) is 10.2. The maximum Gasteiger partial charge on any atom is 0.260 e. The molecular weight excluding hydrogens is 336 g/mol. The first-order valence-corrected chi connectivity index (χ1v) is 6.87. The molecule has 3 aromatic rings. The lowest BCUT2D eigenvalue weighted by molar-refractivity contribution is 0.413. The van der Waals surface area contributed by atoms with Crippen molar-refractivity contribution in [2.75, 3.05) is 12.8 Å². The first kappa shape index (κ1) is 13.6. The van der Waals surface area contributed by atoms with Crippen LogP contribution in [0.4, 0.5) is 5.69 Å². The van der Waals surface area contributed by atoms with Gasteiger partial charge in [-0.25, -0.2) is 0 Å². The number of halogens is 1. The highest BCUT2D eigenvalue weighted by molar-refractivity contribution is 9.10. The second-order valence-corrected chi connectivity index (χ2v) is 5.06. The van der Waals surface area contributed by atoms with Crippen LogP contribution in [0.25, 0.3) is 23.0 Å². The molecule has 0 radical (unpaired) electrons. The normalized spacial score (nSPS) is 10.6.